The van der Waals surface area contributed by atoms with Crippen LogP contribution in [0.4, 0.5) is 0 Å². The van der Waals surface area contributed by atoms with Crippen LogP contribution in [0, 0.1) is 13.8 Å². The molecule has 7 heteroatoms. The van der Waals surface area contributed by atoms with Crippen molar-refractivity contribution in [2.45, 2.75) is 20.4 Å². The van der Waals surface area contributed by atoms with E-state index >= 15 is 0 Å². The molecule has 0 aliphatic rings. The van der Waals surface area contributed by atoms with Gasteiger partial charge in [-0.1, -0.05) is 40.6 Å². The van der Waals surface area contributed by atoms with E-state index in [1.807, 2.05) is 0 Å². The van der Waals surface area contributed by atoms with Gasteiger partial charge in [0.05, 0.1) is 20.8 Å². The van der Waals surface area contributed by atoms with Gasteiger partial charge in [-0.3, -0.25) is 4.79 Å². The molecule has 0 saturated carbocycles. The van der Waals surface area contributed by atoms with Crippen molar-refractivity contribution in [2.75, 3.05) is 12.0 Å². The molecule has 0 unspecified atom stereocenters. The number of benzene rings is 2. The zero-order valence-electron chi connectivity index (χ0n) is 14.7. The Bertz CT molecular complexity index is 1050. The summed E-state index contributed by atoms with van der Waals surface area (Å²) < 4.78 is 3.27. The van der Waals surface area contributed by atoms with Crippen LogP contribution < -0.4 is 4.80 Å². The van der Waals surface area contributed by atoms with Crippen LogP contribution in [0.25, 0.3) is 10.2 Å². The topological polar surface area (TPSA) is 34.4 Å². The van der Waals surface area contributed by atoms with Crippen molar-refractivity contribution < 1.29 is 4.79 Å². The van der Waals surface area contributed by atoms with Crippen LogP contribution in [-0.4, -0.2) is 22.5 Å². The van der Waals surface area contributed by atoms with Crippen LogP contribution in [0.15, 0.2) is 35.3 Å². The van der Waals surface area contributed by atoms with E-state index in [1.165, 1.54) is 22.5 Å². The highest BCUT2D eigenvalue weighted by atomic mass is 35.5. The normalized spacial score (nSPS) is 12.1. The smallest absolute Gasteiger partial charge is 0.281 e. The van der Waals surface area contributed by atoms with Crippen molar-refractivity contribution in [3.63, 3.8) is 0 Å². The van der Waals surface area contributed by atoms with Gasteiger partial charge in [0.2, 0.25) is 0 Å². The first-order chi connectivity index (χ1) is 12.4. The molecule has 136 valence electrons. The van der Waals surface area contributed by atoms with Crippen molar-refractivity contribution in [3.05, 3.63) is 61.9 Å². The van der Waals surface area contributed by atoms with Crippen molar-refractivity contribution in [3.8, 4) is 0 Å². The molecule has 0 radical (unpaired) electrons. The molecule has 1 aromatic heterocycles. The minimum absolute atomic E-state index is 0.320. The maximum Gasteiger partial charge on any atom is 0.281 e. The molecule has 3 aromatic rings. The third-order valence-corrected chi connectivity index (χ3v) is 6.37. The zero-order chi connectivity index (χ0) is 18.8. The number of carbonyl (C=O) groups is 1. The fraction of sp³-hybridized carbons (Fsp3) is 0.263. The molecule has 1 amide bonds. The first-order valence-electron chi connectivity index (χ1n) is 8.04. The Kier molecular flexibility index (Phi) is 6.13. The monoisotopic (exact) mass is 424 g/mol. The average molecular weight is 425 g/mol. The second kappa shape index (κ2) is 8.17. The average Bonchev–Trinajstić information content (AvgIpc) is 2.92. The van der Waals surface area contributed by atoms with Gasteiger partial charge in [-0.15, -0.1) is 0 Å². The number of amides is 1. The molecule has 0 bridgehead atoms. The summed E-state index contributed by atoms with van der Waals surface area (Å²) >= 11 is 15.5. The highest BCUT2D eigenvalue weighted by Gasteiger charge is 2.13. The summed E-state index contributed by atoms with van der Waals surface area (Å²) in [7, 11) is 0. The third-order valence-electron chi connectivity index (χ3n) is 3.99. The number of thiazole rings is 1. The van der Waals surface area contributed by atoms with E-state index in [2.05, 4.69) is 41.8 Å². The highest BCUT2D eigenvalue weighted by Crippen LogP contribution is 2.25. The Morgan fingerprint density at radius 3 is 2.73 bits per heavy atom. The molecule has 3 rings (SSSR count). The molecule has 0 N–H and O–H groups in total. The largest absolute Gasteiger partial charge is 0.315 e. The van der Waals surface area contributed by atoms with E-state index < -0.39 is 0 Å². The van der Waals surface area contributed by atoms with E-state index in [0.29, 0.717) is 20.4 Å². The highest BCUT2D eigenvalue weighted by molar-refractivity contribution is 7.98. The van der Waals surface area contributed by atoms with Gasteiger partial charge < -0.3 is 4.57 Å². The fourth-order valence-electron chi connectivity index (χ4n) is 2.80. The van der Waals surface area contributed by atoms with E-state index in [1.54, 1.807) is 30.0 Å². The molecule has 0 fully saturated rings. The minimum atomic E-state index is -0.378. The number of carbonyl (C=O) groups excluding carboxylic acids is 1. The van der Waals surface area contributed by atoms with Gasteiger partial charge in [0.25, 0.3) is 5.91 Å². The molecule has 0 aliphatic heterocycles. The van der Waals surface area contributed by atoms with Gasteiger partial charge in [-0.2, -0.15) is 16.8 Å². The van der Waals surface area contributed by atoms with Crippen LogP contribution in [0.2, 0.25) is 10.0 Å². The number of hydrogen-bond acceptors (Lipinski definition) is 3. The van der Waals surface area contributed by atoms with Gasteiger partial charge >= 0.3 is 0 Å². The second-order valence-corrected chi connectivity index (χ2v) is 8.81. The number of thioether (sulfide) groups is 1. The van der Waals surface area contributed by atoms with Gasteiger partial charge in [0.15, 0.2) is 4.80 Å². The van der Waals surface area contributed by atoms with Gasteiger partial charge in [-0.05, 0) is 55.5 Å². The SMILES string of the molecule is CSCCn1c(=NC(=O)c2cc(Cl)ccc2Cl)sc2c(C)cc(C)cc21. The molecule has 0 spiro atoms. The summed E-state index contributed by atoms with van der Waals surface area (Å²) in [5.74, 6) is 0.564. The Morgan fingerprint density at radius 2 is 2.00 bits per heavy atom. The van der Waals surface area contributed by atoms with Crippen molar-refractivity contribution in [1.29, 1.82) is 0 Å². The Morgan fingerprint density at radius 1 is 1.23 bits per heavy atom. The van der Waals surface area contributed by atoms with E-state index in [9.17, 15) is 4.79 Å². The van der Waals surface area contributed by atoms with Gasteiger partial charge in [0, 0.05) is 17.3 Å². The summed E-state index contributed by atoms with van der Waals surface area (Å²) in [6.07, 6.45) is 2.07. The second-order valence-electron chi connectivity index (χ2n) is 6.00. The molecule has 3 nitrogen and oxygen atoms in total. The van der Waals surface area contributed by atoms with Crippen LogP contribution in [-0.2, 0) is 6.54 Å². The predicted octanol–water partition coefficient (Wildman–Crippen LogP) is 5.73. The van der Waals surface area contributed by atoms with Crippen molar-refractivity contribution >= 4 is 62.4 Å². The Hall–Kier alpha value is -1.27. The molecule has 26 heavy (non-hydrogen) atoms. The minimum Gasteiger partial charge on any atom is -0.315 e. The number of halogens is 2. The standard InChI is InChI=1S/C19H18Cl2N2OS2/c1-11-8-12(2)17-16(9-11)23(6-7-25-3)19(26-17)22-18(24)14-10-13(20)4-5-15(14)21/h4-5,8-10H,6-7H2,1-3H3. The molecular weight excluding hydrogens is 407 g/mol. The molecule has 2 aromatic carbocycles. The van der Waals surface area contributed by atoms with Gasteiger partial charge in [-0.25, -0.2) is 0 Å². The van der Waals surface area contributed by atoms with Crippen LogP contribution in [0.5, 0.6) is 0 Å². The summed E-state index contributed by atoms with van der Waals surface area (Å²) in [4.78, 5) is 17.8. The lowest BCUT2D eigenvalue weighted by Gasteiger charge is -2.06. The summed E-state index contributed by atoms with van der Waals surface area (Å²) in [6.45, 7) is 4.96. The third kappa shape index (κ3) is 4.01. The number of fused-ring (bicyclic) bond motifs is 1. The predicted molar refractivity (Wildman–Crippen MR) is 114 cm³/mol. The maximum atomic E-state index is 12.7. The maximum absolute atomic E-state index is 12.7. The first kappa shape index (κ1) is 19.5. The van der Waals surface area contributed by atoms with Crippen LogP contribution in [0.3, 0.4) is 0 Å². The Balaban J connectivity index is 2.19. The van der Waals surface area contributed by atoms with E-state index in [4.69, 9.17) is 23.2 Å². The lowest BCUT2D eigenvalue weighted by molar-refractivity contribution is 0.0998. The zero-order valence-corrected chi connectivity index (χ0v) is 17.8. The van der Waals surface area contributed by atoms with Crippen LogP contribution >= 0.6 is 46.3 Å². The number of nitrogens with zero attached hydrogens (tertiary/aromatic N) is 2. The Labute approximate surface area is 170 Å². The van der Waals surface area contributed by atoms with Crippen LogP contribution in [0.1, 0.15) is 21.5 Å². The van der Waals surface area contributed by atoms with E-state index in [-0.39, 0.29) is 5.91 Å². The number of rotatable bonds is 4. The first-order valence-corrected chi connectivity index (χ1v) is 11.0. The quantitative estimate of drug-likeness (QED) is 0.535. The summed E-state index contributed by atoms with van der Waals surface area (Å²) in [6, 6.07) is 9.13. The fourth-order valence-corrected chi connectivity index (χ4v) is 4.65. The molecular formula is C19H18Cl2N2OS2. The summed E-state index contributed by atoms with van der Waals surface area (Å²) in [5, 5.41) is 0.818. The lowest BCUT2D eigenvalue weighted by atomic mass is 10.1. The van der Waals surface area contributed by atoms with E-state index in [0.717, 1.165) is 22.5 Å². The van der Waals surface area contributed by atoms with Gasteiger partial charge in [0.1, 0.15) is 0 Å². The van der Waals surface area contributed by atoms with Crippen molar-refractivity contribution in [2.24, 2.45) is 4.99 Å². The lowest BCUT2D eigenvalue weighted by Crippen LogP contribution is -2.18. The van der Waals surface area contributed by atoms with Crippen molar-refractivity contribution in [1.82, 2.24) is 4.57 Å². The number of aromatic nitrogens is 1. The molecule has 1 heterocycles. The molecule has 0 atom stereocenters. The molecule has 0 saturated heterocycles. The number of aryl methyl sites for hydroxylation is 3. The molecule has 0 aliphatic carbocycles. The summed E-state index contributed by atoms with van der Waals surface area (Å²) in [5.41, 5.74) is 3.82. The number of hydrogen-bond donors (Lipinski definition) is 0.